The van der Waals surface area contributed by atoms with Crippen molar-refractivity contribution in [1.29, 1.82) is 0 Å². The predicted molar refractivity (Wildman–Crippen MR) is 133 cm³/mol. The normalized spacial score (nSPS) is 22.0. The molecule has 1 aromatic heterocycles. The highest BCUT2D eigenvalue weighted by Gasteiger charge is 2.54. The molecule has 0 spiro atoms. The van der Waals surface area contributed by atoms with Gasteiger partial charge in [0.25, 0.3) is 11.8 Å². The van der Waals surface area contributed by atoms with Gasteiger partial charge in [-0.05, 0) is 49.8 Å². The maximum atomic E-state index is 13.7. The maximum Gasteiger partial charge on any atom is 0.274 e. The van der Waals surface area contributed by atoms with Crippen LogP contribution in [0, 0.1) is 25.7 Å². The van der Waals surface area contributed by atoms with Crippen molar-refractivity contribution in [3.63, 3.8) is 0 Å². The number of piperidine rings is 1. The summed E-state index contributed by atoms with van der Waals surface area (Å²) < 4.78 is 11.3. The van der Waals surface area contributed by atoms with Crippen LogP contribution in [-0.4, -0.2) is 54.0 Å². The van der Waals surface area contributed by atoms with Crippen LogP contribution >= 0.6 is 11.3 Å². The van der Waals surface area contributed by atoms with Gasteiger partial charge >= 0.3 is 0 Å². The molecule has 0 radical (unpaired) electrons. The Hall–Kier alpha value is -3.39. The van der Waals surface area contributed by atoms with Crippen LogP contribution in [0.3, 0.4) is 0 Å². The molecule has 2 aromatic carbocycles. The van der Waals surface area contributed by atoms with Gasteiger partial charge in [-0.3, -0.25) is 9.59 Å². The summed E-state index contributed by atoms with van der Waals surface area (Å²) in [7, 11) is 0. The molecule has 2 fully saturated rings. The number of amides is 2. The van der Waals surface area contributed by atoms with E-state index < -0.39 is 0 Å². The summed E-state index contributed by atoms with van der Waals surface area (Å²) in [5.74, 6) is 1.74. The molecule has 3 heterocycles. The lowest BCUT2D eigenvalue weighted by Crippen LogP contribution is -2.45. The van der Waals surface area contributed by atoms with E-state index in [0.717, 1.165) is 27.4 Å². The van der Waals surface area contributed by atoms with E-state index in [1.165, 1.54) is 0 Å². The Labute approximate surface area is 208 Å². The van der Waals surface area contributed by atoms with Crippen LogP contribution in [0.2, 0.25) is 0 Å². The van der Waals surface area contributed by atoms with E-state index in [-0.39, 0.29) is 17.9 Å². The minimum absolute atomic E-state index is 0.0412. The summed E-state index contributed by atoms with van der Waals surface area (Å²) in [6.07, 6.45) is 1.10. The van der Waals surface area contributed by atoms with Crippen LogP contribution in [0.4, 0.5) is 0 Å². The molecule has 0 bridgehead atoms. The number of carbonyl (C=O) groups excluding carboxylic acids is 2. The summed E-state index contributed by atoms with van der Waals surface area (Å²) in [5, 5.41) is 3.93. The average Bonchev–Trinajstić information content (AvgIpc) is 3.38. The van der Waals surface area contributed by atoms with Crippen LogP contribution in [0.25, 0.3) is 10.4 Å². The van der Waals surface area contributed by atoms with E-state index >= 15 is 0 Å². The quantitative estimate of drug-likeness (QED) is 0.584. The number of rotatable bonds is 5. The average molecular weight is 490 g/mol. The van der Waals surface area contributed by atoms with Gasteiger partial charge in [0.2, 0.25) is 0 Å². The van der Waals surface area contributed by atoms with Crippen molar-refractivity contribution in [1.82, 2.24) is 15.2 Å². The van der Waals surface area contributed by atoms with Crippen LogP contribution in [0.5, 0.6) is 11.5 Å². The molecule has 3 aromatic rings. The largest absolute Gasteiger partial charge is 0.486 e. The Balaban J connectivity index is 1.21. The molecule has 3 atom stereocenters. The number of hydrogen-bond acceptors (Lipinski definition) is 6. The van der Waals surface area contributed by atoms with Gasteiger partial charge in [-0.2, -0.15) is 0 Å². The van der Waals surface area contributed by atoms with Crippen molar-refractivity contribution in [2.45, 2.75) is 26.3 Å². The molecule has 7 nitrogen and oxygen atoms in total. The molecular formula is C27H27N3O4S. The Bertz CT molecular complexity index is 1320. The third-order valence-electron chi connectivity index (χ3n) is 7.06. The van der Waals surface area contributed by atoms with Gasteiger partial charge < -0.3 is 19.7 Å². The Kier molecular flexibility index (Phi) is 5.48. The van der Waals surface area contributed by atoms with Crippen LogP contribution < -0.4 is 14.8 Å². The molecule has 8 heteroatoms. The first-order chi connectivity index (χ1) is 17.0. The molecule has 1 saturated carbocycles. The molecule has 1 aliphatic carbocycles. The van der Waals surface area contributed by atoms with Crippen LogP contribution in [0.1, 0.15) is 37.8 Å². The number of nitrogens with zero attached hydrogens (tertiary/aromatic N) is 2. The summed E-state index contributed by atoms with van der Waals surface area (Å²) in [5.41, 5.74) is 3.14. The lowest BCUT2D eigenvalue weighted by molar-refractivity contribution is 0.0690. The van der Waals surface area contributed by atoms with E-state index in [1.54, 1.807) is 29.5 Å². The third kappa shape index (κ3) is 4.05. The summed E-state index contributed by atoms with van der Waals surface area (Å²) in [6, 6.07) is 13.5. The highest BCUT2D eigenvalue weighted by molar-refractivity contribution is 7.15. The fourth-order valence-electron chi connectivity index (χ4n) is 5.30. The van der Waals surface area contributed by atoms with Crippen molar-refractivity contribution in [2.75, 3.05) is 26.3 Å². The molecule has 1 saturated heterocycles. The Morgan fingerprint density at radius 1 is 1.14 bits per heavy atom. The second-order valence-electron chi connectivity index (χ2n) is 9.50. The van der Waals surface area contributed by atoms with E-state index in [4.69, 9.17) is 9.47 Å². The number of hydrogen-bond donors (Lipinski definition) is 1. The fraction of sp³-hybridized carbons (Fsp3) is 0.370. The first-order valence-corrected chi connectivity index (χ1v) is 12.8. The van der Waals surface area contributed by atoms with Gasteiger partial charge in [0, 0.05) is 13.1 Å². The number of aryl methyl sites for hydroxylation is 2. The number of likely N-dealkylation sites (tertiary alicyclic amines) is 1. The Morgan fingerprint density at radius 3 is 2.83 bits per heavy atom. The zero-order valence-corrected chi connectivity index (χ0v) is 20.6. The number of aromatic nitrogens is 1. The standard InChI is InChI=1S/C27H27N3O4S/c1-15-5-3-6-17(11-15)25-23(29-16(2)35-25)27(32)30-14-18-12-20(18)21(30)13-28-26(31)19-7-4-8-22-24(19)34-10-9-33-22/h3-8,11,18,20-21H,9-10,12-14H2,1-2H3,(H,28,31)/t18-,20-,21-/m1/s1. The van der Waals surface area contributed by atoms with Gasteiger partial charge in [-0.1, -0.05) is 35.9 Å². The molecule has 0 unspecified atom stereocenters. The number of para-hydroxylation sites is 1. The van der Waals surface area contributed by atoms with Gasteiger partial charge in [0.05, 0.1) is 21.5 Å². The lowest BCUT2D eigenvalue weighted by Gasteiger charge is -2.28. The van der Waals surface area contributed by atoms with E-state index in [0.29, 0.717) is 60.9 Å². The number of nitrogens with one attached hydrogen (secondary N) is 1. The first-order valence-electron chi connectivity index (χ1n) is 12.0. The predicted octanol–water partition coefficient (Wildman–Crippen LogP) is 4.09. The molecule has 3 aliphatic rings. The molecule has 180 valence electrons. The van der Waals surface area contributed by atoms with Crippen LogP contribution in [-0.2, 0) is 0 Å². The number of fused-ring (bicyclic) bond motifs is 2. The zero-order valence-electron chi connectivity index (χ0n) is 19.7. The zero-order chi connectivity index (χ0) is 24.1. The number of benzene rings is 2. The topological polar surface area (TPSA) is 80.8 Å². The smallest absolute Gasteiger partial charge is 0.274 e. The highest BCUT2D eigenvalue weighted by atomic mass is 32.1. The molecule has 35 heavy (non-hydrogen) atoms. The van der Waals surface area contributed by atoms with Gasteiger partial charge in [-0.25, -0.2) is 4.98 Å². The van der Waals surface area contributed by atoms with E-state index in [1.807, 2.05) is 36.9 Å². The van der Waals surface area contributed by atoms with Crippen molar-refractivity contribution in [3.05, 3.63) is 64.3 Å². The Morgan fingerprint density at radius 2 is 1.97 bits per heavy atom. The number of thiazole rings is 1. The summed E-state index contributed by atoms with van der Waals surface area (Å²) in [6.45, 7) is 5.99. The summed E-state index contributed by atoms with van der Waals surface area (Å²) in [4.78, 5) is 34.3. The number of ether oxygens (including phenoxy) is 2. The van der Waals surface area contributed by atoms with Gasteiger partial charge in [0.1, 0.15) is 18.9 Å². The number of carbonyl (C=O) groups is 2. The van der Waals surface area contributed by atoms with Crippen molar-refractivity contribution in [3.8, 4) is 21.9 Å². The molecule has 1 N–H and O–H groups in total. The maximum absolute atomic E-state index is 13.7. The molecule has 2 aliphatic heterocycles. The second kappa shape index (κ2) is 8.68. The van der Waals surface area contributed by atoms with Gasteiger partial charge in [0.15, 0.2) is 11.5 Å². The second-order valence-corrected chi connectivity index (χ2v) is 10.7. The molecule has 2 amide bonds. The third-order valence-corrected chi connectivity index (χ3v) is 8.08. The SMILES string of the molecule is Cc1cccc(-c2sc(C)nc2C(=O)N2C[C@H]3C[C@H]3[C@H]2CNC(=O)c2cccc3c2OCCO3)c1. The van der Waals surface area contributed by atoms with E-state index in [9.17, 15) is 9.59 Å². The lowest BCUT2D eigenvalue weighted by atomic mass is 10.1. The first kappa shape index (κ1) is 22.1. The molecule has 6 rings (SSSR count). The van der Waals surface area contributed by atoms with Crippen LogP contribution in [0.15, 0.2) is 42.5 Å². The van der Waals surface area contributed by atoms with Crippen molar-refractivity contribution >= 4 is 23.2 Å². The van der Waals surface area contributed by atoms with Crippen molar-refractivity contribution < 1.29 is 19.1 Å². The molecular weight excluding hydrogens is 462 g/mol. The minimum Gasteiger partial charge on any atom is -0.486 e. The highest BCUT2D eigenvalue weighted by Crippen LogP contribution is 2.50. The minimum atomic E-state index is -0.214. The monoisotopic (exact) mass is 489 g/mol. The summed E-state index contributed by atoms with van der Waals surface area (Å²) >= 11 is 1.55. The van der Waals surface area contributed by atoms with Crippen molar-refractivity contribution in [2.24, 2.45) is 11.8 Å². The fourth-order valence-corrected chi connectivity index (χ4v) is 6.21. The van der Waals surface area contributed by atoms with E-state index in [2.05, 4.69) is 16.4 Å². The van der Waals surface area contributed by atoms with Gasteiger partial charge in [-0.15, -0.1) is 11.3 Å².